The number of tetrazole rings is 1. The summed E-state index contributed by atoms with van der Waals surface area (Å²) in [6.07, 6.45) is 0.220. The smallest absolute Gasteiger partial charge is 0.264 e. The zero-order valence-corrected chi connectivity index (χ0v) is 20.5. The highest BCUT2D eigenvalue weighted by atomic mass is 32.2. The van der Waals surface area contributed by atoms with Crippen LogP contribution in [0.4, 0.5) is 11.6 Å². The molecule has 0 unspecified atom stereocenters. The summed E-state index contributed by atoms with van der Waals surface area (Å²) in [5.74, 6) is 0.259. The van der Waals surface area contributed by atoms with Crippen LogP contribution >= 0.6 is 11.8 Å². The molecule has 180 valence electrons. The van der Waals surface area contributed by atoms with E-state index in [0.717, 1.165) is 5.69 Å². The molecule has 1 amide bonds. The molecule has 0 atom stereocenters. The highest BCUT2D eigenvalue weighted by Gasteiger charge is 2.16. The summed E-state index contributed by atoms with van der Waals surface area (Å²) in [6.45, 7) is 3.52. The predicted octanol–water partition coefficient (Wildman–Crippen LogP) is 2.99. The van der Waals surface area contributed by atoms with Crippen molar-refractivity contribution in [3.63, 3.8) is 0 Å². The molecule has 0 radical (unpaired) electrons. The van der Waals surface area contributed by atoms with Crippen LogP contribution in [0.2, 0.25) is 0 Å². The number of hydrogen-bond donors (Lipinski definition) is 2. The molecule has 4 aromatic rings. The standard InChI is InChI=1S/C22H22N8O3S2/c1-15-14-16(2)24-21(23-15)27-35(32,33)19-10-8-17(9-11-19)25-20(31)12-13-34-22-26-28-29-30(22)18-6-4-3-5-7-18/h3-11,14H,12-13H2,1-2H3,(H,25,31)(H,23,24,27). The molecule has 0 spiro atoms. The maximum atomic E-state index is 12.6. The lowest BCUT2D eigenvalue weighted by Crippen LogP contribution is -2.16. The summed E-state index contributed by atoms with van der Waals surface area (Å²) in [5.41, 5.74) is 2.62. The Balaban J connectivity index is 1.31. The van der Waals surface area contributed by atoms with Crippen molar-refractivity contribution < 1.29 is 13.2 Å². The molecule has 0 aliphatic rings. The van der Waals surface area contributed by atoms with Crippen LogP contribution in [0.1, 0.15) is 17.8 Å². The van der Waals surface area contributed by atoms with Crippen LogP contribution in [0.5, 0.6) is 0 Å². The number of sulfonamides is 1. The molecule has 0 aliphatic heterocycles. The first-order valence-corrected chi connectivity index (χ1v) is 13.0. The van der Waals surface area contributed by atoms with Gasteiger partial charge in [-0.25, -0.2) is 23.1 Å². The number of hydrogen-bond acceptors (Lipinski definition) is 9. The first kappa shape index (κ1) is 24.3. The molecule has 0 saturated carbocycles. The summed E-state index contributed by atoms with van der Waals surface area (Å²) >= 11 is 1.36. The van der Waals surface area contributed by atoms with E-state index in [0.29, 0.717) is 28.0 Å². The van der Waals surface area contributed by atoms with Gasteiger partial charge in [-0.05, 0) is 66.7 Å². The summed E-state index contributed by atoms with van der Waals surface area (Å²) < 4.78 is 29.3. The largest absolute Gasteiger partial charge is 0.326 e. The van der Waals surface area contributed by atoms with Gasteiger partial charge in [0.25, 0.3) is 10.0 Å². The van der Waals surface area contributed by atoms with Crippen molar-refractivity contribution in [1.82, 2.24) is 30.2 Å². The van der Waals surface area contributed by atoms with E-state index in [1.54, 1.807) is 24.6 Å². The zero-order valence-electron chi connectivity index (χ0n) is 18.9. The fourth-order valence-electron chi connectivity index (χ4n) is 3.13. The van der Waals surface area contributed by atoms with Gasteiger partial charge in [-0.1, -0.05) is 30.0 Å². The number of thioether (sulfide) groups is 1. The van der Waals surface area contributed by atoms with E-state index in [-0.39, 0.29) is 23.2 Å². The second kappa shape index (κ2) is 10.6. The van der Waals surface area contributed by atoms with Crippen molar-refractivity contribution in [2.75, 3.05) is 15.8 Å². The van der Waals surface area contributed by atoms with Crippen molar-refractivity contribution in [2.24, 2.45) is 0 Å². The molecule has 0 bridgehead atoms. The van der Waals surface area contributed by atoms with E-state index < -0.39 is 10.0 Å². The highest BCUT2D eigenvalue weighted by molar-refractivity contribution is 7.99. The van der Waals surface area contributed by atoms with Crippen LogP contribution in [0, 0.1) is 13.8 Å². The third-order valence-electron chi connectivity index (χ3n) is 4.66. The molecule has 13 heteroatoms. The van der Waals surface area contributed by atoms with Gasteiger partial charge in [0, 0.05) is 29.2 Å². The molecule has 11 nitrogen and oxygen atoms in total. The van der Waals surface area contributed by atoms with Crippen molar-refractivity contribution in [2.45, 2.75) is 30.3 Å². The van der Waals surface area contributed by atoms with Gasteiger partial charge in [0.05, 0.1) is 10.6 Å². The monoisotopic (exact) mass is 510 g/mol. The van der Waals surface area contributed by atoms with Gasteiger partial charge in [-0.3, -0.25) is 4.79 Å². The number of rotatable bonds is 9. The Hall–Kier alpha value is -3.84. The minimum Gasteiger partial charge on any atom is -0.326 e. The maximum Gasteiger partial charge on any atom is 0.264 e. The Kier molecular flexibility index (Phi) is 7.36. The topological polar surface area (TPSA) is 145 Å². The highest BCUT2D eigenvalue weighted by Crippen LogP contribution is 2.20. The normalized spacial score (nSPS) is 11.3. The molecule has 0 aliphatic carbocycles. The summed E-state index contributed by atoms with van der Waals surface area (Å²) in [7, 11) is -3.87. The van der Waals surface area contributed by atoms with E-state index in [9.17, 15) is 13.2 Å². The SMILES string of the molecule is Cc1cc(C)nc(NS(=O)(=O)c2ccc(NC(=O)CCSc3nnnn3-c3ccccc3)cc2)n1. The minimum atomic E-state index is -3.87. The third kappa shape index (κ3) is 6.39. The van der Waals surface area contributed by atoms with E-state index in [2.05, 4.69) is 35.5 Å². The van der Waals surface area contributed by atoms with Crippen molar-refractivity contribution in [1.29, 1.82) is 0 Å². The second-order valence-electron chi connectivity index (χ2n) is 7.46. The minimum absolute atomic E-state index is 0.00989. The van der Waals surface area contributed by atoms with Crippen LogP contribution in [0.25, 0.3) is 5.69 Å². The van der Waals surface area contributed by atoms with Gasteiger partial charge in [-0.2, -0.15) is 4.68 Å². The summed E-state index contributed by atoms with van der Waals surface area (Å²) in [4.78, 5) is 20.6. The number of aromatic nitrogens is 6. The van der Waals surface area contributed by atoms with Crippen LogP contribution < -0.4 is 10.0 Å². The van der Waals surface area contributed by atoms with Crippen LogP contribution in [0.15, 0.2) is 70.7 Å². The van der Waals surface area contributed by atoms with Gasteiger partial charge in [-0.15, -0.1) is 5.10 Å². The molecule has 35 heavy (non-hydrogen) atoms. The van der Waals surface area contributed by atoms with E-state index in [1.807, 2.05) is 30.3 Å². The average Bonchev–Trinajstić information content (AvgIpc) is 3.27. The average molecular weight is 511 g/mol. The first-order valence-electron chi connectivity index (χ1n) is 10.5. The number of carbonyl (C=O) groups is 1. The van der Waals surface area contributed by atoms with Crippen LogP contribution in [-0.2, 0) is 14.8 Å². The molecule has 2 aromatic heterocycles. The molecule has 0 saturated heterocycles. The molecule has 0 fully saturated rings. The van der Waals surface area contributed by atoms with E-state index >= 15 is 0 Å². The number of anilines is 2. The van der Waals surface area contributed by atoms with Gasteiger partial charge in [0.2, 0.25) is 17.0 Å². The predicted molar refractivity (Wildman–Crippen MR) is 132 cm³/mol. The van der Waals surface area contributed by atoms with Gasteiger partial charge < -0.3 is 5.32 Å². The second-order valence-corrected chi connectivity index (χ2v) is 10.2. The molecule has 2 N–H and O–H groups in total. The van der Waals surface area contributed by atoms with Gasteiger partial charge >= 0.3 is 0 Å². The van der Waals surface area contributed by atoms with Crippen molar-refractivity contribution in [3.05, 3.63) is 72.1 Å². The number of aryl methyl sites for hydroxylation is 2. The maximum absolute atomic E-state index is 12.6. The van der Waals surface area contributed by atoms with Crippen molar-refractivity contribution >= 4 is 39.3 Å². The summed E-state index contributed by atoms with van der Waals surface area (Å²) in [6, 6.07) is 17.1. The third-order valence-corrected chi connectivity index (χ3v) is 6.92. The number of nitrogens with one attached hydrogen (secondary N) is 2. The quantitative estimate of drug-likeness (QED) is 0.325. The number of benzene rings is 2. The first-order chi connectivity index (χ1) is 16.8. The van der Waals surface area contributed by atoms with Gasteiger partial charge in [0.1, 0.15) is 0 Å². The number of para-hydroxylation sites is 1. The fourth-order valence-corrected chi connectivity index (χ4v) is 4.90. The molecule has 2 heterocycles. The number of carbonyl (C=O) groups excluding carboxylic acids is 1. The van der Waals surface area contributed by atoms with E-state index in [4.69, 9.17) is 0 Å². The lowest BCUT2D eigenvalue weighted by Gasteiger charge is -2.09. The van der Waals surface area contributed by atoms with Crippen LogP contribution in [-0.4, -0.2) is 50.3 Å². The summed E-state index contributed by atoms with van der Waals surface area (Å²) in [5, 5.41) is 15.0. The lowest BCUT2D eigenvalue weighted by molar-refractivity contribution is -0.115. The zero-order chi connectivity index (χ0) is 24.8. The molecule has 4 rings (SSSR count). The van der Waals surface area contributed by atoms with Crippen LogP contribution in [0.3, 0.4) is 0 Å². The Morgan fingerprint density at radius 3 is 2.37 bits per heavy atom. The Bertz CT molecular complexity index is 1400. The molecule has 2 aromatic carbocycles. The molecular formula is C22H22N8O3S2. The number of nitrogens with zero attached hydrogens (tertiary/aromatic N) is 6. The number of amides is 1. The van der Waals surface area contributed by atoms with Crippen molar-refractivity contribution in [3.8, 4) is 5.69 Å². The fraction of sp³-hybridized carbons (Fsp3) is 0.182. The van der Waals surface area contributed by atoms with E-state index in [1.165, 1.54) is 36.0 Å². The Morgan fingerprint density at radius 2 is 1.69 bits per heavy atom. The Labute approximate surface area is 206 Å². The molecular weight excluding hydrogens is 488 g/mol. The lowest BCUT2D eigenvalue weighted by atomic mass is 10.3. The Morgan fingerprint density at radius 1 is 1.00 bits per heavy atom. The van der Waals surface area contributed by atoms with Gasteiger partial charge in [0.15, 0.2) is 0 Å².